The van der Waals surface area contributed by atoms with E-state index < -0.39 is 0 Å². The minimum Gasteiger partial charge on any atom is -1.00 e. The van der Waals surface area contributed by atoms with Gasteiger partial charge in [0.15, 0.2) is 0 Å². The van der Waals surface area contributed by atoms with Crippen molar-refractivity contribution >= 4 is 0 Å². The average molecular weight is 84.0 g/mol. The van der Waals surface area contributed by atoms with Crippen LogP contribution in [0.25, 0.3) is 0 Å². The van der Waals surface area contributed by atoms with Crippen LogP contribution in [0.4, 0.5) is 0 Å². The van der Waals surface area contributed by atoms with Crippen LogP contribution in [-0.4, -0.2) is 25.4 Å². The summed E-state index contributed by atoms with van der Waals surface area (Å²) in [6.45, 7) is 0.566. The Kier molecular flexibility index (Phi) is 14.7. The number of aliphatic hydroxyl groups excluding tert-OH is 1. The van der Waals surface area contributed by atoms with E-state index in [1.165, 1.54) is 0 Å². The second-order valence-corrected chi connectivity index (χ2v) is 0.716. The van der Waals surface area contributed by atoms with E-state index in [2.05, 4.69) is 4.74 Å². The summed E-state index contributed by atoms with van der Waals surface area (Å²) < 4.78 is 4.44. The van der Waals surface area contributed by atoms with Crippen molar-refractivity contribution in [3.05, 3.63) is 0 Å². The average Bonchev–Trinajstić information content (AvgIpc) is 1.41. The van der Waals surface area contributed by atoms with E-state index in [0.717, 1.165) is 0 Å². The molecule has 0 radical (unpaired) electrons. The molecule has 0 heterocycles. The third kappa shape index (κ3) is 8.82. The van der Waals surface area contributed by atoms with Crippen molar-refractivity contribution in [1.82, 2.24) is 0 Å². The fraction of sp³-hybridized carbons (Fsp3) is 1.00. The second kappa shape index (κ2) is 9.10. The third-order valence-electron chi connectivity index (χ3n) is 0.295. The summed E-state index contributed by atoms with van der Waals surface area (Å²) in [5.74, 6) is 0. The summed E-state index contributed by atoms with van der Waals surface area (Å²) in [4.78, 5) is 0. The van der Waals surface area contributed by atoms with Gasteiger partial charge in [0.1, 0.15) is 0 Å². The van der Waals surface area contributed by atoms with E-state index in [0.29, 0.717) is 6.61 Å². The van der Waals surface area contributed by atoms with Crippen LogP contribution in [0.15, 0.2) is 0 Å². The summed E-state index contributed by atoms with van der Waals surface area (Å²) in [7, 11) is 1.55. The van der Waals surface area contributed by atoms with Crippen molar-refractivity contribution < 1.29 is 30.1 Å². The third-order valence-corrected chi connectivity index (χ3v) is 0.295. The molecule has 0 saturated heterocycles. The van der Waals surface area contributed by atoms with Gasteiger partial charge in [-0.2, -0.15) is 0 Å². The first-order chi connectivity index (χ1) is 2.41. The minimum absolute atomic E-state index is 0. The summed E-state index contributed by atoms with van der Waals surface area (Å²) >= 11 is 0. The van der Waals surface area contributed by atoms with Gasteiger partial charge in [-0.25, -0.2) is 0 Å². The van der Waals surface area contributed by atoms with Gasteiger partial charge in [0, 0.05) is 7.11 Å². The van der Waals surface area contributed by atoms with Gasteiger partial charge in [-0.15, -0.1) is 0 Å². The smallest absolute Gasteiger partial charge is 1.00 e. The van der Waals surface area contributed by atoms with Gasteiger partial charge in [0.2, 0.25) is 0 Å². The number of hydrogen-bond acceptors (Lipinski definition) is 2. The van der Waals surface area contributed by atoms with Crippen LogP contribution in [-0.2, 0) is 4.74 Å². The number of methoxy groups -OCH3 is 1. The second-order valence-electron chi connectivity index (χ2n) is 0.716. The molecule has 0 fully saturated rings. The number of aliphatic hydroxyl groups is 1. The minimum atomic E-state index is 0. The zero-order valence-electron chi connectivity index (χ0n) is 5.27. The van der Waals surface area contributed by atoms with E-state index >= 15 is 0 Å². The number of rotatable bonds is 2. The van der Waals surface area contributed by atoms with Gasteiger partial charge in [-0.1, -0.05) is 0 Å². The van der Waals surface area contributed by atoms with Crippen molar-refractivity contribution in [2.45, 2.75) is 0 Å². The van der Waals surface area contributed by atoms with Crippen LogP contribution < -0.4 is 18.9 Å². The molecule has 0 saturated carbocycles. The van der Waals surface area contributed by atoms with Crippen molar-refractivity contribution in [3.63, 3.8) is 0 Å². The van der Waals surface area contributed by atoms with Crippen molar-refractivity contribution in [2.24, 2.45) is 0 Å². The maximum atomic E-state index is 7.94. The Morgan fingerprint density at radius 1 is 1.83 bits per heavy atom. The molecule has 0 spiro atoms. The largest absolute Gasteiger partial charge is 1.00 e. The predicted molar refractivity (Wildman–Crippen MR) is 20.1 cm³/mol. The van der Waals surface area contributed by atoms with Crippen LogP contribution in [0.1, 0.15) is 1.43 Å². The SMILES string of the molecule is COCCO.[H-].[Li+]. The molecule has 0 atom stereocenters. The maximum absolute atomic E-state index is 7.94. The Morgan fingerprint density at radius 2 is 2.33 bits per heavy atom. The van der Waals surface area contributed by atoms with Crippen LogP contribution in [0.2, 0.25) is 0 Å². The van der Waals surface area contributed by atoms with Crippen LogP contribution in [0.5, 0.6) is 0 Å². The Morgan fingerprint density at radius 3 is 2.33 bits per heavy atom. The summed E-state index contributed by atoms with van der Waals surface area (Å²) in [5, 5.41) is 7.94. The molecule has 0 aliphatic rings. The first-order valence-electron chi connectivity index (χ1n) is 1.51. The zero-order valence-corrected chi connectivity index (χ0v) is 4.27. The molecule has 6 heavy (non-hydrogen) atoms. The molecule has 2 nitrogen and oxygen atoms in total. The molecule has 3 heteroatoms. The molecule has 0 aliphatic carbocycles. The van der Waals surface area contributed by atoms with Crippen LogP contribution in [0, 0.1) is 0 Å². The zero-order chi connectivity index (χ0) is 4.12. The Hall–Kier alpha value is 0.517. The Balaban J connectivity index is -0.0000000800. The Bertz CT molecular complexity index is 20.4. The predicted octanol–water partition coefficient (Wildman–Crippen LogP) is -3.26. The standard InChI is InChI=1S/C3H8O2.Li.H/c1-5-3-2-4;;/h4H,2-3H2,1H3;;/q;+1;-1. The molecule has 0 aromatic heterocycles. The first kappa shape index (κ1) is 9.72. The van der Waals surface area contributed by atoms with Crippen molar-refractivity contribution in [3.8, 4) is 0 Å². The van der Waals surface area contributed by atoms with Crippen LogP contribution in [0.3, 0.4) is 0 Å². The van der Waals surface area contributed by atoms with Crippen molar-refractivity contribution in [1.29, 1.82) is 0 Å². The quantitative estimate of drug-likeness (QED) is 0.356. The van der Waals surface area contributed by atoms with E-state index in [-0.39, 0.29) is 26.9 Å². The van der Waals surface area contributed by atoms with Crippen molar-refractivity contribution in [2.75, 3.05) is 20.3 Å². The van der Waals surface area contributed by atoms with E-state index in [1.807, 2.05) is 0 Å². The molecule has 0 rings (SSSR count). The molecule has 0 amide bonds. The molecular formula is C3H9LiO2. The molecule has 0 unspecified atom stereocenters. The molecule has 0 aliphatic heterocycles. The molecule has 0 bridgehead atoms. The maximum Gasteiger partial charge on any atom is 1.00 e. The van der Waals surface area contributed by atoms with Gasteiger partial charge in [0.05, 0.1) is 13.2 Å². The van der Waals surface area contributed by atoms with Crippen LogP contribution >= 0.6 is 0 Å². The fourth-order valence-corrected chi connectivity index (χ4v) is 0.0913. The van der Waals surface area contributed by atoms with Gasteiger partial charge in [-0.05, 0) is 0 Å². The Labute approximate surface area is 51.2 Å². The van der Waals surface area contributed by atoms with Gasteiger partial charge in [-0.3, -0.25) is 0 Å². The van der Waals surface area contributed by atoms with E-state index in [4.69, 9.17) is 5.11 Å². The van der Waals surface area contributed by atoms with Gasteiger partial charge in [0.25, 0.3) is 0 Å². The first-order valence-corrected chi connectivity index (χ1v) is 1.51. The molecule has 34 valence electrons. The number of hydrogen-bond donors (Lipinski definition) is 1. The fourth-order valence-electron chi connectivity index (χ4n) is 0.0913. The normalized spacial score (nSPS) is 7.00. The van der Waals surface area contributed by atoms with E-state index in [1.54, 1.807) is 7.11 Å². The molecule has 0 aromatic rings. The summed E-state index contributed by atoms with van der Waals surface area (Å²) in [6.07, 6.45) is 0. The topological polar surface area (TPSA) is 29.5 Å². The van der Waals surface area contributed by atoms with E-state index in [9.17, 15) is 0 Å². The molecule has 1 N–H and O–H groups in total. The van der Waals surface area contributed by atoms with Gasteiger partial charge < -0.3 is 11.3 Å². The molecular weight excluding hydrogens is 75.0 g/mol. The summed E-state index contributed by atoms with van der Waals surface area (Å²) in [6, 6.07) is 0. The van der Waals surface area contributed by atoms with Gasteiger partial charge >= 0.3 is 18.9 Å². The molecule has 0 aromatic carbocycles. The summed E-state index contributed by atoms with van der Waals surface area (Å²) in [5.41, 5.74) is 0. The number of ether oxygens (including phenoxy) is 1. The monoisotopic (exact) mass is 84.1 g/mol.